The summed E-state index contributed by atoms with van der Waals surface area (Å²) in [4.78, 5) is 22.0. The van der Waals surface area contributed by atoms with Crippen LogP contribution in [-0.2, 0) is 6.42 Å². The van der Waals surface area contributed by atoms with Gasteiger partial charge in [-0.1, -0.05) is 6.92 Å². The third-order valence-corrected chi connectivity index (χ3v) is 3.08. The number of hydrogen-bond acceptors (Lipinski definition) is 3. The number of carboxylic acid groups (broad SMARTS) is 2. The largest absolute Gasteiger partial charge is 0.465 e. The average molecular weight is 244 g/mol. The molecule has 1 aromatic heterocycles. The lowest BCUT2D eigenvalue weighted by Crippen LogP contribution is -2.12. The van der Waals surface area contributed by atoms with Crippen LogP contribution in [0.4, 0.5) is 20.3 Å². The molecule has 0 bridgehead atoms. The lowest BCUT2D eigenvalue weighted by Gasteiger charge is -2.05. The van der Waals surface area contributed by atoms with Crippen molar-refractivity contribution >= 4 is 34.2 Å². The summed E-state index contributed by atoms with van der Waals surface area (Å²) < 4.78 is 0. The zero-order valence-electron chi connectivity index (χ0n) is 8.83. The van der Waals surface area contributed by atoms with Crippen molar-refractivity contribution in [3.8, 4) is 0 Å². The summed E-state index contributed by atoms with van der Waals surface area (Å²) in [5, 5.41) is 22.0. The molecular formula is C9H12N2O4S. The molecule has 0 atom stereocenters. The van der Waals surface area contributed by atoms with E-state index in [9.17, 15) is 9.59 Å². The first-order valence-corrected chi connectivity index (χ1v) is 5.39. The van der Waals surface area contributed by atoms with Crippen LogP contribution < -0.4 is 10.6 Å². The van der Waals surface area contributed by atoms with E-state index in [1.54, 1.807) is 0 Å². The minimum Gasteiger partial charge on any atom is -0.465 e. The summed E-state index contributed by atoms with van der Waals surface area (Å²) in [7, 11) is 0. The maximum Gasteiger partial charge on any atom is 0.409 e. The number of amides is 2. The number of hydrogen-bond donors (Lipinski definition) is 4. The molecule has 4 N–H and O–H groups in total. The van der Waals surface area contributed by atoms with E-state index in [0.29, 0.717) is 17.1 Å². The van der Waals surface area contributed by atoms with E-state index in [4.69, 9.17) is 10.2 Å². The summed E-state index contributed by atoms with van der Waals surface area (Å²) in [6.07, 6.45) is -1.78. The predicted molar refractivity (Wildman–Crippen MR) is 61.7 cm³/mol. The molecule has 0 aliphatic rings. The standard InChI is InChI=1S/C9H12N2O4S/c1-3-5-4(2)16-7(11-9(14)15)6(5)10-8(12)13/h10-11H,3H2,1-2H3,(H,12,13)(H,14,15). The maximum atomic E-state index is 10.6. The first-order chi connectivity index (χ1) is 7.45. The summed E-state index contributed by atoms with van der Waals surface area (Å²) >= 11 is 1.22. The van der Waals surface area contributed by atoms with Crippen LogP contribution in [0.5, 0.6) is 0 Å². The zero-order chi connectivity index (χ0) is 12.3. The topological polar surface area (TPSA) is 98.7 Å². The van der Waals surface area contributed by atoms with Crippen molar-refractivity contribution in [1.29, 1.82) is 0 Å². The molecule has 0 aliphatic carbocycles. The van der Waals surface area contributed by atoms with Crippen molar-refractivity contribution in [3.05, 3.63) is 10.4 Å². The van der Waals surface area contributed by atoms with Crippen LogP contribution in [0.3, 0.4) is 0 Å². The molecule has 0 fully saturated rings. The van der Waals surface area contributed by atoms with Gasteiger partial charge in [0.05, 0.1) is 5.69 Å². The van der Waals surface area contributed by atoms with Crippen LogP contribution in [0.15, 0.2) is 0 Å². The first kappa shape index (κ1) is 12.3. The van der Waals surface area contributed by atoms with Crippen molar-refractivity contribution < 1.29 is 19.8 Å². The molecule has 2 amide bonds. The molecule has 0 unspecified atom stereocenters. The molecule has 16 heavy (non-hydrogen) atoms. The Bertz CT molecular complexity index is 427. The van der Waals surface area contributed by atoms with E-state index in [1.807, 2.05) is 13.8 Å². The van der Waals surface area contributed by atoms with E-state index in [0.717, 1.165) is 10.4 Å². The van der Waals surface area contributed by atoms with Gasteiger partial charge >= 0.3 is 12.2 Å². The Labute approximate surface area is 95.9 Å². The Morgan fingerprint density at radius 2 is 1.81 bits per heavy atom. The molecule has 0 spiro atoms. The molecule has 1 rings (SSSR count). The summed E-state index contributed by atoms with van der Waals surface area (Å²) in [6, 6.07) is 0. The number of nitrogens with one attached hydrogen (secondary N) is 2. The van der Waals surface area contributed by atoms with Crippen LogP contribution >= 0.6 is 11.3 Å². The van der Waals surface area contributed by atoms with E-state index >= 15 is 0 Å². The summed E-state index contributed by atoms with van der Waals surface area (Å²) in [5.74, 6) is 0. The molecule has 88 valence electrons. The van der Waals surface area contributed by atoms with Gasteiger partial charge in [0.25, 0.3) is 0 Å². The van der Waals surface area contributed by atoms with Crippen LogP contribution in [0, 0.1) is 6.92 Å². The minimum absolute atomic E-state index is 0.309. The van der Waals surface area contributed by atoms with Gasteiger partial charge in [0, 0.05) is 4.88 Å². The van der Waals surface area contributed by atoms with Crippen LogP contribution in [0.1, 0.15) is 17.4 Å². The summed E-state index contributed by atoms with van der Waals surface area (Å²) in [6.45, 7) is 3.70. The van der Waals surface area contributed by atoms with Crippen molar-refractivity contribution in [2.24, 2.45) is 0 Å². The number of anilines is 2. The number of aryl methyl sites for hydroxylation is 1. The molecule has 0 aliphatic heterocycles. The lowest BCUT2D eigenvalue weighted by molar-refractivity contribution is 0.208. The molecule has 1 aromatic rings. The highest BCUT2D eigenvalue weighted by Crippen LogP contribution is 2.38. The fourth-order valence-corrected chi connectivity index (χ4v) is 2.52. The fourth-order valence-electron chi connectivity index (χ4n) is 1.43. The normalized spacial score (nSPS) is 9.88. The van der Waals surface area contributed by atoms with Gasteiger partial charge in [-0.3, -0.25) is 10.6 Å². The molecule has 6 nitrogen and oxygen atoms in total. The van der Waals surface area contributed by atoms with Gasteiger partial charge < -0.3 is 10.2 Å². The second kappa shape index (κ2) is 4.84. The average Bonchev–Trinajstić information content (AvgIpc) is 2.40. The molecular weight excluding hydrogens is 232 g/mol. The van der Waals surface area contributed by atoms with Crippen molar-refractivity contribution in [2.75, 3.05) is 10.6 Å². The Morgan fingerprint density at radius 1 is 1.25 bits per heavy atom. The van der Waals surface area contributed by atoms with Gasteiger partial charge in [0.15, 0.2) is 0 Å². The molecule has 0 aromatic carbocycles. The van der Waals surface area contributed by atoms with Gasteiger partial charge in [-0.05, 0) is 18.9 Å². The molecule has 0 saturated heterocycles. The highest BCUT2D eigenvalue weighted by molar-refractivity contribution is 7.17. The van der Waals surface area contributed by atoms with Gasteiger partial charge in [0.1, 0.15) is 5.00 Å². The van der Waals surface area contributed by atoms with Gasteiger partial charge in [-0.25, -0.2) is 9.59 Å². The van der Waals surface area contributed by atoms with E-state index < -0.39 is 12.2 Å². The smallest absolute Gasteiger partial charge is 0.409 e. The number of thiophene rings is 1. The van der Waals surface area contributed by atoms with E-state index in [-0.39, 0.29) is 0 Å². The molecule has 1 heterocycles. The second-order valence-electron chi connectivity index (χ2n) is 3.05. The minimum atomic E-state index is -1.21. The van der Waals surface area contributed by atoms with Crippen molar-refractivity contribution in [3.63, 3.8) is 0 Å². The number of carbonyl (C=O) groups is 2. The Balaban J connectivity index is 3.15. The summed E-state index contributed by atoms with van der Waals surface area (Å²) in [5.41, 5.74) is 1.15. The van der Waals surface area contributed by atoms with Crippen LogP contribution in [0.2, 0.25) is 0 Å². The molecule has 7 heteroatoms. The highest BCUT2D eigenvalue weighted by atomic mass is 32.1. The Hall–Kier alpha value is -1.76. The van der Waals surface area contributed by atoms with E-state index in [1.165, 1.54) is 11.3 Å². The van der Waals surface area contributed by atoms with Crippen LogP contribution in [-0.4, -0.2) is 22.4 Å². The third-order valence-electron chi connectivity index (χ3n) is 2.01. The third kappa shape index (κ3) is 2.63. The molecule has 0 radical (unpaired) electrons. The van der Waals surface area contributed by atoms with Crippen LogP contribution in [0.25, 0.3) is 0 Å². The van der Waals surface area contributed by atoms with Crippen molar-refractivity contribution in [2.45, 2.75) is 20.3 Å². The Morgan fingerprint density at radius 3 is 2.25 bits per heavy atom. The van der Waals surface area contributed by atoms with Gasteiger partial charge in [-0.15, -0.1) is 11.3 Å². The fraction of sp³-hybridized carbons (Fsp3) is 0.333. The van der Waals surface area contributed by atoms with Crippen molar-refractivity contribution in [1.82, 2.24) is 0 Å². The number of rotatable bonds is 3. The first-order valence-electron chi connectivity index (χ1n) is 4.57. The van der Waals surface area contributed by atoms with Gasteiger partial charge in [0.2, 0.25) is 0 Å². The second-order valence-corrected chi connectivity index (χ2v) is 4.28. The maximum absolute atomic E-state index is 10.6. The predicted octanol–water partition coefficient (Wildman–Crippen LogP) is 2.80. The quantitative estimate of drug-likeness (QED) is 0.657. The van der Waals surface area contributed by atoms with E-state index in [2.05, 4.69) is 10.6 Å². The lowest BCUT2D eigenvalue weighted by atomic mass is 10.2. The molecule has 0 saturated carbocycles. The highest BCUT2D eigenvalue weighted by Gasteiger charge is 2.17. The van der Waals surface area contributed by atoms with Gasteiger partial charge in [-0.2, -0.15) is 0 Å². The monoisotopic (exact) mass is 244 g/mol. The Kier molecular flexibility index (Phi) is 3.73. The zero-order valence-corrected chi connectivity index (χ0v) is 9.64. The SMILES string of the molecule is CCc1c(C)sc(NC(=O)O)c1NC(=O)O.